The molecule has 2 saturated carbocycles. The van der Waals surface area contributed by atoms with Gasteiger partial charge in [-0.2, -0.15) is 0 Å². The summed E-state index contributed by atoms with van der Waals surface area (Å²) in [5.74, 6) is 0.657. The lowest BCUT2D eigenvalue weighted by Crippen LogP contribution is -2.32. The van der Waals surface area contributed by atoms with E-state index >= 15 is 0 Å². The van der Waals surface area contributed by atoms with E-state index in [1.54, 1.807) is 0 Å². The summed E-state index contributed by atoms with van der Waals surface area (Å²) in [6.45, 7) is 0. The Kier molecular flexibility index (Phi) is 1.92. The van der Waals surface area contributed by atoms with Crippen LogP contribution in [0.1, 0.15) is 51.4 Å². The minimum absolute atomic E-state index is 0.226. The molecule has 1 heteroatoms. The highest BCUT2D eigenvalue weighted by atomic mass is 16.3. The fourth-order valence-corrected chi connectivity index (χ4v) is 2.86. The third-order valence-electron chi connectivity index (χ3n) is 3.58. The fraction of sp³-hybridized carbons (Fsp3) is 1.00. The van der Waals surface area contributed by atoms with Gasteiger partial charge in [-0.25, -0.2) is 0 Å². The first kappa shape index (κ1) is 7.60. The van der Waals surface area contributed by atoms with Gasteiger partial charge in [0.15, 0.2) is 0 Å². The molecule has 64 valence electrons. The van der Waals surface area contributed by atoms with Crippen LogP contribution in [0.2, 0.25) is 0 Å². The SMILES string of the molecule is OC1(C2CCCC2)CCCC1. The maximum Gasteiger partial charge on any atom is 0.0675 e. The van der Waals surface area contributed by atoms with E-state index in [0.717, 1.165) is 12.8 Å². The topological polar surface area (TPSA) is 20.2 Å². The van der Waals surface area contributed by atoms with E-state index < -0.39 is 0 Å². The van der Waals surface area contributed by atoms with Crippen LogP contribution in [0.3, 0.4) is 0 Å². The van der Waals surface area contributed by atoms with E-state index in [-0.39, 0.29) is 5.60 Å². The van der Waals surface area contributed by atoms with E-state index in [1.165, 1.54) is 38.5 Å². The first-order valence-electron chi connectivity index (χ1n) is 5.04. The zero-order valence-electron chi connectivity index (χ0n) is 7.18. The minimum atomic E-state index is -0.226. The average Bonchev–Trinajstić information content (AvgIpc) is 2.55. The van der Waals surface area contributed by atoms with Gasteiger partial charge < -0.3 is 5.11 Å². The smallest absolute Gasteiger partial charge is 0.0675 e. The van der Waals surface area contributed by atoms with Crippen molar-refractivity contribution < 1.29 is 5.11 Å². The van der Waals surface area contributed by atoms with Gasteiger partial charge in [-0.1, -0.05) is 25.7 Å². The Morgan fingerprint density at radius 2 is 1.45 bits per heavy atom. The van der Waals surface area contributed by atoms with Crippen LogP contribution in [0.5, 0.6) is 0 Å². The average molecular weight is 154 g/mol. The molecule has 0 aromatic carbocycles. The summed E-state index contributed by atoms with van der Waals surface area (Å²) in [6, 6.07) is 0. The van der Waals surface area contributed by atoms with Crippen LogP contribution in [-0.2, 0) is 0 Å². The highest BCUT2D eigenvalue weighted by Crippen LogP contribution is 2.43. The van der Waals surface area contributed by atoms with Crippen LogP contribution in [0, 0.1) is 5.92 Å². The Balaban J connectivity index is 2.00. The molecule has 0 aromatic heterocycles. The van der Waals surface area contributed by atoms with Gasteiger partial charge in [0.05, 0.1) is 5.60 Å². The molecule has 0 aliphatic heterocycles. The Morgan fingerprint density at radius 3 is 2.00 bits per heavy atom. The summed E-state index contributed by atoms with van der Waals surface area (Å²) in [7, 11) is 0. The molecule has 2 aliphatic carbocycles. The van der Waals surface area contributed by atoms with Crippen molar-refractivity contribution in [3.05, 3.63) is 0 Å². The first-order valence-corrected chi connectivity index (χ1v) is 5.04. The van der Waals surface area contributed by atoms with Gasteiger partial charge in [-0.15, -0.1) is 0 Å². The van der Waals surface area contributed by atoms with Gasteiger partial charge in [0.1, 0.15) is 0 Å². The zero-order chi connectivity index (χ0) is 7.73. The van der Waals surface area contributed by atoms with Crippen LogP contribution in [0.25, 0.3) is 0 Å². The summed E-state index contributed by atoms with van der Waals surface area (Å²) < 4.78 is 0. The van der Waals surface area contributed by atoms with Gasteiger partial charge in [0, 0.05) is 0 Å². The van der Waals surface area contributed by atoms with Crippen molar-refractivity contribution in [3.63, 3.8) is 0 Å². The molecule has 1 N–H and O–H groups in total. The fourth-order valence-electron chi connectivity index (χ4n) is 2.86. The summed E-state index contributed by atoms with van der Waals surface area (Å²) in [6.07, 6.45) is 9.96. The first-order chi connectivity index (χ1) is 5.31. The predicted octanol–water partition coefficient (Wildman–Crippen LogP) is 2.48. The van der Waals surface area contributed by atoms with Crippen molar-refractivity contribution in [1.29, 1.82) is 0 Å². The standard InChI is InChI=1S/C10H18O/c11-10(7-3-4-8-10)9-5-1-2-6-9/h9,11H,1-8H2. The van der Waals surface area contributed by atoms with Crippen molar-refractivity contribution in [1.82, 2.24) is 0 Å². The highest BCUT2D eigenvalue weighted by molar-refractivity contribution is 4.92. The Labute approximate surface area is 68.8 Å². The molecule has 0 heterocycles. The number of aliphatic hydroxyl groups is 1. The summed E-state index contributed by atoms with van der Waals surface area (Å²) in [4.78, 5) is 0. The number of rotatable bonds is 1. The Bertz CT molecular complexity index is 130. The van der Waals surface area contributed by atoms with Gasteiger partial charge in [0.25, 0.3) is 0 Å². The van der Waals surface area contributed by atoms with E-state index in [0.29, 0.717) is 5.92 Å². The molecule has 11 heavy (non-hydrogen) atoms. The molecule has 0 radical (unpaired) electrons. The van der Waals surface area contributed by atoms with Crippen molar-refractivity contribution >= 4 is 0 Å². The van der Waals surface area contributed by atoms with Crippen molar-refractivity contribution in [2.24, 2.45) is 5.92 Å². The molecular formula is C10H18O. The van der Waals surface area contributed by atoms with Crippen LogP contribution in [0.4, 0.5) is 0 Å². The van der Waals surface area contributed by atoms with Gasteiger partial charge in [-0.05, 0) is 31.6 Å². The van der Waals surface area contributed by atoms with Gasteiger partial charge in [-0.3, -0.25) is 0 Å². The van der Waals surface area contributed by atoms with Crippen molar-refractivity contribution in [3.8, 4) is 0 Å². The Hall–Kier alpha value is -0.0400. The summed E-state index contributed by atoms with van der Waals surface area (Å²) >= 11 is 0. The third-order valence-corrected chi connectivity index (χ3v) is 3.58. The molecule has 0 atom stereocenters. The van der Waals surface area contributed by atoms with Crippen LogP contribution >= 0.6 is 0 Å². The van der Waals surface area contributed by atoms with Gasteiger partial charge >= 0.3 is 0 Å². The third kappa shape index (κ3) is 1.31. The zero-order valence-corrected chi connectivity index (χ0v) is 7.18. The van der Waals surface area contributed by atoms with Crippen LogP contribution in [0.15, 0.2) is 0 Å². The molecule has 2 aliphatic rings. The normalized spacial score (nSPS) is 31.4. The molecular weight excluding hydrogens is 136 g/mol. The molecule has 0 spiro atoms. The van der Waals surface area contributed by atoms with Crippen LogP contribution < -0.4 is 0 Å². The molecule has 0 aromatic rings. The van der Waals surface area contributed by atoms with E-state index in [9.17, 15) is 5.11 Å². The second-order valence-corrected chi connectivity index (χ2v) is 4.29. The molecule has 2 fully saturated rings. The monoisotopic (exact) mass is 154 g/mol. The summed E-state index contributed by atoms with van der Waals surface area (Å²) in [5, 5.41) is 10.2. The van der Waals surface area contributed by atoms with Gasteiger partial charge in [0.2, 0.25) is 0 Å². The maximum atomic E-state index is 10.2. The molecule has 0 saturated heterocycles. The second kappa shape index (κ2) is 2.78. The largest absolute Gasteiger partial charge is 0.390 e. The van der Waals surface area contributed by atoms with E-state index in [2.05, 4.69) is 0 Å². The van der Waals surface area contributed by atoms with Crippen molar-refractivity contribution in [2.75, 3.05) is 0 Å². The summed E-state index contributed by atoms with van der Waals surface area (Å²) in [5.41, 5.74) is -0.226. The molecule has 0 bridgehead atoms. The lowest BCUT2D eigenvalue weighted by molar-refractivity contribution is -0.00963. The highest BCUT2D eigenvalue weighted by Gasteiger charge is 2.40. The number of hydrogen-bond donors (Lipinski definition) is 1. The minimum Gasteiger partial charge on any atom is -0.390 e. The number of hydrogen-bond acceptors (Lipinski definition) is 1. The van der Waals surface area contributed by atoms with Crippen molar-refractivity contribution in [2.45, 2.75) is 57.0 Å². The van der Waals surface area contributed by atoms with E-state index in [4.69, 9.17) is 0 Å². The molecule has 1 nitrogen and oxygen atoms in total. The maximum absolute atomic E-state index is 10.2. The predicted molar refractivity (Wildman–Crippen MR) is 45.4 cm³/mol. The lowest BCUT2D eigenvalue weighted by atomic mass is 9.85. The Morgan fingerprint density at radius 1 is 0.909 bits per heavy atom. The lowest BCUT2D eigenvalue weighted by Gasteiger charge is -2.29. The molecule has 0 unspecified atom stereocenters. The quantitative estimate of drug-likeness (QED) is 0.615. The van der Waals surface area contributed by atoms with E-state index in [1.807, 2.05) is 0 Å². The van der Waals surface area contributed by atoms with Crippen LogP contribution in [-0.4, -0.2) is 10.7 Å². The molecule has 2 rings (SSSR count). The second-order valence-electron chi connectivity index (χ2n) is 4.29. The molecule has 0 amide bonds.